The highest BCUT2D eigenvalue weighted by Crippen LogP contribution is 2.41. The van der Waals surface area contributed by atoms with Gasteiger partial charge < -0.3 is 19.5 Å². The van der Waals surface area contributed by atoms with Crippen LogP contribution in [0.4, 0.5) is 0 Å². The van der Waals surface area contributed by atoms with Gasteiger partial charge in [-0.3, -0.25) is 5.41 Å². The lowest BCUT2D eigenvalue weighted by Gasteiger charge is -2.36. The van der Waals surface area contributed by atoms with Crippen LogP contribution >= 0.6 is 0 Å². The summed E-state index contributed by atoms with van der Waals surface area (Å²) in [5.41, 5.74) is 3.60. The molecule has 0 spiro atoms. The van der Waals surface area contributed by atoms with Gasteiger partial charge >= 0.3 is 0 Å². The predicted octanol–water partition coefficient (Wildman–Crippen LogP) is 3.27. The maximum absolute atomic E-state index is 10.4. The maximum atomic E-state index is 10.4. The van der Waals surface area contributed by atoms with Gasteiger partial charge in [0, 0.05) is 18.7 Å². The number of fused-ring (bicyclic) bond motifs is 1. The summed E-state index contributed by atoms with van der Waals surface area (Å²) in [6, 6.07) is 16.0. The fraction of sp³-hybridized carbons (Fsp3) is 0.375. The molecule has 3 aliphatic rings. The van der Waals surface area contributed by atoms with Crippen LogP contribution in [0.25, 0.3) is 5.57 Å². The number of likely N-dealkylation sites (tertiary alicyclic amines) is 1. The zero-order chi connectivity index (χ0) is 20.0. The highest BCUT2D eigenvalue weighted by atomic mass is 16.5. The smallest absolute Gasteiger partial charge is 0.136 e. The normalized spacial score (nSPS) is 24.6. The van der Waals surface area contributed by atoms with Gasteiger partial charge in [-0.2, -0.15) is 0 Å². The van der Waals surface area contributed by atoms with Gasteiger partial charge in [-0.25, -0.2) is 0 Å². The molecular formula is C24H26N2O3. The quantitative estimate of drug-likeness (QED) is 0.621. The van der Waals surface area contributed by atoms with Crippen LogP contribution in [-0.4, -0.2) is 49.3 Å². The summed E-state index contributed by atoms with van der Waals surface area (Å²) in [5.74, 6) is 2.52. The van der Waals surface area contributed by atoms with E-state index in [0.29, 0.717) is 30.9 Å². The SMILES string of the molecule is COc1ccc(C2=CC3CN(C(=N)c4ccc(C5(O)COC5)cc4)CC3C2)cc1. The summed E-state index contributed by atoms with van der Waals surface area (Å²) >= 11 is 0. The van der Waals surface area contributed by atoms with E-state index in [1.807, 2.05) is 36.4 Å². The summed E-state index contributed by atoms with van der Waals surface area (Å²) in [6.07, 6.45) is 3.46. The Morgan fingerprint density at radius 3 is 2.41 bits per heavy atom. The number of nitrogens with one attached hydrogen (secondary N) is 1. The summed E-state index contributed by atoms with van der Waals surface area (Å²) in [5, 5.41) is 19.0. The van der Waals surface area contributed by atoms with Crippen molar-refractivity contribution in [1.82, 2.24) is 4.90 Å². The molecule has 5 rings (SSSR count). The fourth-order valence-electron chi connectivity index (χ4n) is 4.69. The standard InChI is InChI=1S/C24H26N2O3/c1-28-22-8-4-16(5-9-22)18-10-19-12-26(13-20(19)11-18)23(25)17-2-6-21(7-3-17)24(27)14-29-15-24/h2-10,19-20,25,27H,11-15H2,1H3. The van der Waals surface area contributed by atoms with Gasteiger partial charge in [0.05, 0.1) is 20.3 Å². The van der Waals surface area contributed by atoms with Crippen molar-refractivity contribution in [1.29, 1.82) is 5.41 Å². The molecule has 0 amide bonds. The zero-order valence-electron chi connectivity index (χ0n) is 16.6. The minimum absolute atomic E-state index is 0.349. The second-order valence-corrected chi connectivity index (χ2v) is 8.40. The lowest BCUT2D eigenvalue weighted by molar-refractivity contribution is -0.184. The largest absolute Gasteiger partial charge is 0.497 e. The second kappa shape index (κ2) is 7.01. The molecule has 2 aromatic carbocycles. The molecular weight excluding hydrogens is 364 g/mol. The Morgan fingerprint density at radius 1 is 1.10 bits per heavy atom. The predicted molar refractivity (Wildman–Crippen MR) is 112 cm³/mol. The van der Waals surface area contributed by atoms with Crippen LogP contribution in [0.5, 0.6) is 5.75 Å². The van der Waals surface area contributed by atoms with Gasteiger partial charge in [-0.15, -0.1) is 0 Å². The van der Waals surface area contributed by atoms with E-state index in [1.165, 1.54) is 11.1 Å². The molecule has 2 unspecified atom stereocenters. The highest BCUT2D eigenvalue weighted by Gasteiger charge is 2.39. The summed E-state index contributed by atoms with van der Waals surface area (Å²) in [4.78, 5) is 2.19. The molecule has 150 valence electrons. The lowest BCUT2D eigenvalue weighted by Crippen LogP contribution is -2.46. The zero-order valence-corrected chi connectivity index (χ0v) is 16.6. The van der Waals surface area contributed by atoms with Gasteiger partial charge in [-0.1, -0.05) is 42.5 Å². The Balaban J connectivity index is 1.25. The first-order valence-electron chi connectivity index (χ1n) is 10.2. The Bertz CT molecular complexity index is 945. The number of aliphatic hydroxyl groups is 1. The Hall–Kier alpha value is -2.63. The van der Waals surface area contributed by atoms with Crippen LogP contribution in [0, 0.1) is 17.2 Å². The van der Waals surface area contributed by atoms with Crippen LogP contribution in [0.2, 0.25) is 0 Å². The first-order valence-corrected chi connectivity index (χ1v) is 10.2. The summed E-state index contributed by atoms with van der Waals surface area (Å²) in [7, 11) is 1.69. The van der Waals surface area contributed by atoms with E-state index in [0.717, 1.165) is 36.4 Å². The van der Waals surface area contributed by atoms with Crippen LogP contribution in [0.3, 0.4) is 0 Å². The molecule has 1 aliphatic carbocycles. The second-order valence-electron chi connectivity index (χ2n) is 8.40. The molecule has 2 N–H and O–H groups in total. The van der Waals surface area contributed by atoms with Crippen LogP contribution < -0.4 is 4.74 Å². The van der Waals surface area contributed by atoms with Crippen molar-refractivity contribution in [3.05, 3.63) is 71.3 Å². The van der Waals surface area contributed by atoms with Gasteiger partial charge in [0.25, 0.3) is 0 Å². The molecule has 2 aliphatic heterocycles. The van der Waals surface area contributed by atoms with Crippen molar-refractivity contribution in [2.75, 3.05) is 33.4 Å². The van der Waals surface area contributed by atoms with E-state index < -0.39 is 5.60 Å². The molecule has 2 heterocycles. The van der Waals surface area contributed by atoms with E-state index >= 15 is 0 Å². The minimum atomic E-state index is -0.853. The van der Waals surface area contributed by atoms with Gasteiger partial charge in [0.15, 0.2) is 0 Å². The van der Waals surface area contributed by atoms with E-state index in [2.05, 4.69) is 23.1 Å². The van der Waals surface area contributed by atoms with Crippen LogP contribution in [0.1, 0.15) is 23.1 Å². The summed E-state index contributed by atoms with van der Waals surface area (Å²) < 4.78 is 10.4. The third kappa shape index (κ3) is 3.24. The first-order chi connectivity index (χ1) is 14.1. The van der Waals surface area contributed by atoms with Crippen molar-refractivity contribution >= 4 is 11.4 Å². The number of methoxy groups -OCH3 is 1. The first kappa shape index (κ1) is 18.4. The molecule has 2 saturated heterocycles. The molecule has 0 radical (unpaired) electrons. The van der Waals surface area contributed by atoms with Gasteiger partial charge in [0.1, 0.15) is 17.2 Å². The van der Waals surface area contributed by atoms with Crippen LogP contribution in [0.15, 0.2) is 54.6 Å². The Kier molecular flexibility index (Phi) is 4.45. The van der Waals surface area contributed by atoms with Crippen molar-refractivity contribution in [2.24, 2.45) is 11.8 Å². The number of amidine groups is 1. The molecule has 2 aromatic rings. The highest BCUT2D eigenvalue weighted by molar-refractivity contribution is 5.96. The maximum Gasteiger partial charge on any atom is 0.136 e. The van der Waals surface area contributed by atoms with E-state index in [-0.39, 0.29) is 0 Å². The van der Waals surface area contributed by atoms with Gasteiger partial charge in [-0.05, 0) is 47.1 Å². The van der Waals surface area contributed by atoms with E-state index in [4.69, 9.17) is 14.9 Å². The fourth-order valence-corrected chi connectivity index (χ4v) is 4.69. The number of ether oxygens (including phenoxy) is 2. The van der Waals surface area contributed by atoms with Crippen molar-refractivity contribution in [3.8, 4) is 5.75 Å². The Labute approximate surface area is 171 Å². The van der Waals surface area contributed by atoms with Crippen molar-refractivity contribution in [2.45, 2.75) is 12.0 Å². The third-order valence-electron chi connectivity index (χ3n) is 6.54. The number of rotatable bonds is 4. The number of nitrogens with zero attached hydrogens (tertiary/aromatic N) is 1. The number of benzene rings is 2. The summed E-state index contributed by atoms with van der Waals surface area (Å²) in [6.45, 7) is 2.51. The Morgan fingerprint density at radius 2 is 1.83 bits per heavy atom. The minimum Gasteiger partial charge on any atom is -0.497 e. The van der Waals surface area contributed by atoms with Crippen molar-refractivity contribution < 1.29 is 14.6 Å². The van der Waals surface area contributed by atoms with E-state index in [1.54, 1.807) is 7.11 Å². The van der Waals surface area contributed by atoms with Crippen LogP contribution in [-0.2, 0) is 10.3 Å². The molecule has 5 heteroatoms. The average molecular weight is 390 g/mol. The molecule has 0 bridgehead atoms. The van der Waals surface area contributed by atoms with E-state index in [9.17, 15) is 5.11 Å². The topological polar surface area (TPSA) is 65.8 Å². The molecule has 0 saturated carbocycles. The average Bonchev–Trinajstić information content (AvgIpc) is 3.31. The number of hydrogen-bond donors (Lipinski definition) is 2. The van der Waals surface area contributed by atoms with Gasteiger partial charge in [0.2, 0.25) is 0 Å². The number of hydrogen-bond acceptors (Lipinski definition) is 4. The molecule has 2 atom stereocenters. The number of allylic oxidation sites excluding steroid dienone is 1. The lowest BCUT2D eigenvalue weighted by atomic mass is 9.91. The molecule has 2 fully saturated rings. The molecule has 5 nitrogen and oxygen atoms in total. The monoisotopic (exact) mass is 390 g/mol. The molecule has 0 aromatic heterocycles. The third-order valence-corrected chi connectivity index (χ3v) is 6.54. The molecule has 29 heavy (non-hydrogen) atoms. The van der Waals surface area contributed by atoms with Crippen molar-refractivity contribution in [3.63, 3.8) is 0 Å².